The lowest BCUT2D eigenvalue weighted by molar-refractivity contribution is 0.0949. The Labute approximate surface area is 163 Å². The summed E-state index contributed by atoms with van der Waals surface area (Å²) < 4.78 is 5.64. The summed E-state index contributed by atoms with van der Waals surface area (Å²) in [5, 5.41) is 4.60. The van der Waals surface area contributed by atoms with E-state index in [0.29, 0.717) is 21.6 Å². The fourth-order valence-electron chi connectivity index (χ4n) is 3.95. The smallest absolute Gasteiger partial charge is 0.145 e. The van der Waals surface area contributed by atoms with Gasteiger partial charge in [-0.2, -0.15) is 0 Å². The second-order valence-electron chi connectivity index (χ2n) is 7.52. The van der Waals surface area contributed by atoms with Gasteiger partial charge in [-0.25, -0.2) is 0 Å². The molecule has 0 spiro atoms. The highest BCUT2D eigenvalue weighted by atomic mass is 35.5. The molecule has 0 heterocycles. The molecular weight excluding hydrogens is 362 g/mol. The minimum atomic E-state index is -1.91. The van der Waals surface area contributed by atoms with E-state index in [1.807, 2.05) is 12.1 Å². The molecule has 0 saturated carbocycles. The van der Waals surface area contributed by atoms with Gasteiger partial charge in [0.2, 0.25) is 0 Å². The highest BCUT2D eigenvalue weighted by molar-refractivity contribution is 6.90. The third-order valence-corrected chi connectivity index (χ3v) is 11.8. The fraction of sp³-hybridized carbons (Fsp3) is 0.600. The third-order valence-electron chi connectivity index (χ3n) is 5.22. The van der Waals surface area contributed by atoms with Crippen LogP contribution in [0.1, 0.15) is 53.2 Å². The van der Waals surface area contributed by atoms with Gasteiger partial charge in [-0.05, 0) is 39.9 Å². The van der Waals surface area contributed by atoms with Crippen LogP contribution in [0.3, 0.4) is 0 Å². The Morgan fingerprint density at radius 1 is 1.04 bits per heavy atom. The topological polar surface area (TPSA) is 58.0 Å². The number of benzene rings is 1. The molecular formula is C20H30ClN3OSi. The Balaban J connectivity index is 3.39. The van der Waals surface area contributed by atoms with Crippen molar-refractivity contribution in [2.24, 2.45) is 5.11 Å². The maximum Gasteiger partial charge on any atom is 0.145 e. The Morgan fingerprint density at radius 3 is 1.92 bits per heavy atom. The second-order valence-corrected chi connectivity index (χ2v) is 13.5. The highest BCUT2D eigenvalue weighted by Crippen LogP contribution is 2.41. The van der Waals surface area contributed by atoms with Crippen LogP contribution in [-0.2, 0) is 4.74 Å². The minimum Gasteiger partial charge on any atom is -0.375 e. The lowest BCUT2D eigenvalue weighted by Crippen LogP contribution is -2.43. The molecule has 0 aliphatic heterocycles. The Kier molecular flexibility index (Phi) is 8.72. The van der Waals surface area contributed by atoms with Crippen LogP contribution in [0, 0.1) is 11.5 Å². The molecule has 0 fully saturated rings. The summed E-state index contributed by atoms with van der Waals surface area (Å²) in [6, 6.07) is 6.80. The zero-order valence-corrected chi connectivity index (χ0v) is 18.6. The predicted molar refractivity (Wildman–Crippen MR) is 113 cm³/mol. The van der Waals surface area contributed by atoms with Crippen molar-refractivity contribution >= 4 is 19.7 Å². The molecule has 6 heteroatoms. The van der Waals surface area contributed by atoms with Gasteiger partial charge in [0.1, 0.15) is 20.2 Å². The fourth-order valence-corrected chi connectivity index (χ4v) is 9.34. The van der Waals surface area contributed by atoms with E-state index in [9.17, 15) is 0 Å². The number of hydrogen-bond acceptors (Lipinski definition) is 2. The van der Waals surface area contributed by atoms with Gasteiger partial charge in [-0.15, -0.1) is 5.54 Å². The van der Waals surface area contributed by atoms with Crippen molar-refractivity contribution in [2.75, 3.05) is 7.11 Å². The molecule has 2 atom stereocenters. The highest BCUT2D eigenvalue weighted by Gasteiger charge is 2.42. The van der Waals surface area contributed by atoms with Crippen molar-refractivity contribution in [1.82, 2.24) is 0 Å². The summed E-state index contributed by atoms with van der Waals surface area (Å²) in [4.78, 5) is 3.02. The van der Waals surface area contributed by atoms with Gasteiger partial charge in [-0.1, -0.05) is 76.3 Å². The Hall–Kier alpha value is -1.44. The van der Waals surface area contributed by atoms with Crippen molar-refractivity contribution in [3.63, 3.8) is 0 Å². The van der Waals surface area contributed by atoms with Crippen LogP contribution < -0.4 is 0 Å². The van der Waals surface area contributed by atoms with Crippen LogP contribution >= 0.6 is 11.6 Å². The number of azide groups is 1. The summed E-state index contributed by atoms with van der Waals surface area (Å²) in [5.74, 6) is 3.30. The Morgan fingerprint density at radius 2 is 1.54 bits per heavy atom. The summed E-state index contributed by atoms with van der Waals surface area (Å²) in [7, 11) is -0.299. The second kappa shape index (κ2) is 10.0. The molecule has 0 saturated heterocycles. The van der Waals surface area contributed by atoms with Crippen molar-refractivity contribution in [2.45, 2.75) is 70.3 Å². The third kappa shape index (κ3) is 5.05. The lowest BCUT2D eigenvalue weighted by Gasteiger charge is -2.38. The molecule has 0 unspecified atom stereocenters. The first kappa shape index (κ1) is 22.6. The summed E-state index contributed by atoms with van der Waals surface area (Å²) in [5.41, 5.74) is 15.1. The van der Waals surface area contributed by atoms with Gasteiger partial charge >= 0.3 is 0 Å². The standard InChI is InChI=1S/C20H30ClN3OSi/c1-14(2)26(15(3)4,16(5)6)13-12-19(23-24-22)20(25-7)17-8-10-18(21)11-9-17/h8-11,14-16,19-20H,1-7H3/t19-,20+/m1/s1. The van der Waals surface area contributed by atoms with Crippen LogP contribution in [0.25, 0.3) is 10.4 Å². The summed E-state index contributed by atoms with van der Waals surface area (Å²) in [6.07, 6.45) is -0.422. The van der Waals surface area contributed by atoms with E-state index in [4.69, 9.17) is 21.9 Å². The van der Waals surface area contributed by atoms with E-state index in [2.05, 4.69) is 63.0 Å². The van der Waals surface area contributed by atoms with Crippen LogP contribution in [0.4, 0.5) is 0 Å². The first-order chi connectivity index (χ1) is 12.2. The Bertz CT molecular complexity index is 663. The molecule has 4 nitrogen and oxygen atoms in total. The average Bonchev–Trinajstić information content (AvgIpc) is 2.56. The van der Waals surface area contributed by atoms with Crippen molar-refractivity contribution < 1.29 is 4.74 Å². The SMILES string of the molecule is CO[C@@H](c1ccc(Cl)cc1)[C@@H](C#C[Si](C(C)C)(C(C)C)C(C)C)N=[N+]=[N-]. The molecule has 26 heavy (non-hydrogen) atoms. The van der Waals surface area contributed by atoms with E-state index in [0.717, 1.165) is 5.56 Å². The molecule has 0 N–H and O–H groups in total. The van der Waals surface area contributed by atoms with Gasteiger partial charge in [0, 0.05) is 17.0 Å². The van der Waals surface area contributed by atoms with Gasteiger partial charge in [-0.3, -0.25) is 0 Å². The van der Waals surface area contributed by atoms with E-state index in [1.165, 1.54) is 0 Å². The lowest BCUT2D eigenvalue weighted by atomic mass is 10.0. The predicted octanol–water partition coefficient (Wildman–Crippen LogP) is 6.93. The zero-order valence-electron chi connectivity index (χ0n) is 16.8. The number of rotatable bonds is 7. The average molecular weight is 392 g/mol. The zero-order chi connectivity index (χ0) is 19.9. The molecule has 0 aromatic heterocycles. The summed E-state index contributed by atoms with van der Waals surface area (Å²) in [6.45, 7) is 13.6. The molecule has 0 amide bonds. The largest absolute Gasteiger partial charge is 0.375 e. The number of nitrogens with zero attached hydrogens (tertiary/aromatic N) is 3. The van der Waals surface area contributed by atoms with Crippen molar-refractivity contribution in [1.29, 1.82) is 0 Å². The molecule has 142 valence electrons. The van der Waals surface area contributed by atoms with Gasteiger partial charge in [0.25, 0.3) is 0 Å². The van der Waals surface area contributed by atoms with Crippen LogP contribution in [0.2, 0.25) is 21.6 Å². The van der Waals surface area contributed by atoms with E-state index in [1.54, 1.807) is 19.2 Å². The van der Waals surface area contributed by atoms with E-state index < -0.39 is 20.2 Å². The quantitative estimate of drug-likeness (QED) is 0.163. The molecule has 0 aliphatic carbocycles. The van der Waals surface area contributed by atoms with Gasteiger partial charge < -0.3 is 4.74 Å². The first-order valence-electron chi connectivity index (χ1n) is 9.05. The molecule has 1 aromatic carbocycles. The molecule has 1 rings (SSSR count). The summed E-state index contributed by atoms with van der Waals surface area (Å²) >= 11 is 5.98. The number of hydrogen-bond donors (Lipinski definition) is 0. The van der Waals surface area contributed by atoms with Crippen molar-refractivity contribution in [3.8, 4) is 11.5 Å². The number of ether oxygens (including phenoxy) is 1. The van der Waals surface area contributed by atoms with E-state index in [-0.39, 0.29) is 0 Å². The minimum absolute atomic E-state index is 0.422. The van der Waals surface area contributed by atoms with Gasteiger partial charge in [0.15, 0.2) is 0 Å². The maximum atomic E-state index is 9.05. The molecule has 1 aromatic rings. The molecule has 0 aliphatic rings. The van der Waals surface area contributed by atoms with Crippen LogP contribution in [0.15, 0.2) is 29.4 Å². The normalized spacial score (nSPS) is 14.0. The van der Waals surface area contributed by atoms with Crippen molar-refractivity contribution in [3.05, 3.63) is 45.3 Å². The molecule has 0 radical (unpaired) electrons. The van der Waals surface area contributed by atoms with Crippen LogP contribution in [0.5, 0.6) is 0 Å². The van der Waals surface area contributed by atoms with Crippen LogP contribution in [-0.4, -0.2) is 21.2 Å². The number of methoxy groups -OCH3 is 1. The monoisotopic (exact) mass is 391 g/mol. The number of halogens is 1. The first-order valence-corrected chi connectivity index (χ1v) is 11.7. The molecule has 0 bridgehead atoms. The van der Waals surface area contributed by atoms with Gasteiger partial charge in [0.05, 0.1) is 0 Å². The van der Waals surface area contributed by atoms with E-state index >= 15 is 0 Å². The maximum absolute atomic E-state index is 9.05.